The van der Waals surface area contributed by atoms with Crippen LogP contribution in [-0.2, 0) is 24.2 Å². The lowest BCUT2D eigenvalue weighted by molar-refractivity contribution is 0.0853. The zero-order chi connectivity index (χ0) is 24.0. The molecule has 1 atom stereocenters. The maximum atomic E-state index is 12.5. The van der Waals surface area contributed by atoms with Crippen LogP contribution >= 0.6 is 11.6 Å². The second kappa shape index (κ2) is 11.1. The average Bonchev–Trinajstić information content (AvgIpc) is 3.64. The molecule has 1 amide bonds. The molecule has 1 aliphatic rings. The van der Waals surface area contributed by atoms with Crippen molar-refractivity contribution < 1.29 is 13.9 Å². The maximum Gasteiger partial charge on any atom is 0.273 e. The molecule has 2 aromatic carbocycles. The summed E-state index contributed by atoms with van der Waals surface area (Å²) in [7, 11) is 0. The van der Waals surface area contributed by atoms with Crippen LogP contribution in [-0.4, -0.2) is 46.6 Å². The smallest absolute Gasteiger partial charge is 0.273 e. The second-order valence-corrected chi connectivity index (χ2v) is 9.29. The molecule has 2 N–H and O–H groups in total. The van der Waals surface area contributed by atoms with Crippen molar-refractivity contribution in [1.29, 1.82) is 0 Å². The number of ether oxygens (including phenoxy) is 1. The van der Waals surface area contributed by atoms with Crippen molar-refractivity contribution in [2.24, 2.45) is 0 Å². The number of aromatic amines is 1. The number of nitrogens with one attached hydrogen (secondary N) is 2. The number of carbonyl (C=O) groups is 1. The highest BCUT2D eigenvalue weighted by Gasteiger charge is 2.20. The van der Waals surface area contributed by atoms with E-state index < -0.39 is 0 Å². The summed E-state index contributed by atoms with van der Waals surface area (Å²) in [5.74, 6) is 0.255. The highest BCUT2D eigenvalue weighted by atomic mass is 35.5. The van der Waals surface area contributed by atoms with E-state index in [2.05, 4.69) is 44.6 Å². The van der Waals surface area contributed by atoms with Crippen LogP contribution in [0.25, 0.3) is 10.9 Å². The fourth-order valence-electron chi connectivity index (χ4n) is 4.48. The fourth-order valence-corrected chi connectivity index (χ4v) is 4.68. The van der Waals surface area contributed by atoms with Crippen LogP contribution in [0.15, 0.2) is 65.4 Å². The van der Waals surface area contributed by atoms with Gasteiger partial charge in [-0.2, -0.15) is 0 Å². The number of fused-ring (bicyclic) bond motifs is 1. The minimum Gasteiger partial charge on any atom is -0.447 e. The molecule has 0 radical (unpaired) electrons. The molecule has 8 heteroatoms. The Kier molecular flexibility index (Phi) is 7.47. The molecule has 5 rings (SSSR count). The van der Waals surface area contributed by atoms with Gasteiger partial charge in [0.2, 0.25) is 5.89 Å². The van der Waals surface area contributed by atoms with E-state index >= 15 is 0 Å². The van der Waals surface area contributed by atoms with Crippen LogP contribution < -0.4 is 5.32 Å². The van der Waals surface area contributed by atoms with Gasteiger partial charge in [0, 0.05) is 48.4 Å². The van der Waals surface area contributed by atoms with Crippen LogP contribution in [0.5, 0.6) is 0 Å². The third-order valence-electron chi connectivity index (χ3n) is 6.38. The number of halogens is 1. The Balaban J connectivity index is 1.26. The summed E-state index contributed by atoms with van der Waals surface area (Å²) in [6.07, 6.45) is 6.44. The minimum absolute atomic E-state index is 0.0842. The molecule has 0 spiro atoms. The van der Waals surface area contributed by atoms with Gasteiger partial charge in [-0.3, -0.25) is 9.69 Å². The molecular weight excluding hydrogens is 464 g/mol. The first kappa shape index (κ1) is 23.6. The van der Waals surface area contributed by atoms with E-state index in [1.165, 1.54) is 17.2 Å². The van der Waals surface area contributed by atoms with E-state index in [-0.39, 0.29) is 17.7 Å². The topological polar surface area (TPSA) is 83.4 Å². The highest BCUT2D eigenvalue weighted by molar-refractivity contribution is 6.31. The third kappa shape index (κ3) is 5.93. The zero-order valence-corrected chi connectivity index (χ0v) is 20.3. The summed E-state index contributed by atoms with van der Waals surface area (Å²) in [5, 5.41) is 4.85. The molecule has 35 heavy (non-hydrogen) atoms. The lowest BCUT2D eigenvalue weighted by Crippen LogP contribution is -2.32. The summed E-state index contributed by atoms with van der Waals surface area (Å²) in [6, 6.07) is 16.1. The number of hydrogen-bond acceptors (Lipinski definition) is 5. The SMILES string of the molecule is O=C(NC[C@H]1CCCO1)c1coc(CN(CCc2c[nH]c3ccccc23)Cc2ccccc2Cl)n1. The lowest BCUT2D eigenvalue weighted by Gasteiger charge is -2.21. The van der Waals surface area contributed by atoms with Gasteiger partial charge >= 0.3 is 0 Å². The van der Waals surface area contributed by atoms with E-state index in [4.69, 9.17) is 20.8 Å². The molecule has 4 aromatic rings. The first-order valence-electron chi connectivity index (χ1n) is 12.0. The molecule has 1 saturated heterocycles. The molecule has 182 valence electrons. The fraction of sp³-hybridized carbons (Fsp3) is 0.333. The predicted molar refractivity (Wildman–Crippen MR) is 135 cm³/mol. The van der Waals surface area contributed by atoms with E-state index in [0.717, 1.165) is 48.5 Å². The molecule has 2 aromatic heterocycles. The number of para-hydroxylation sites is 1. The maximum absolute atomic E-state index is 12.5. The van der Waals surface area contributed by atoms with Crippen LogP contribution in [0, 0.1) is 0 Å². The summed E-state index contributed by atoms with van der Waals surface area (Å²) in [5.41, 5.74) is 3.71. The number of rotatable bonds is 10. The van der Waals surface area contributed by atoms with Gasteiger partial charge < -0.3 is 19.5 Å². The van der Waals surface area contributed by atoms with Crippen molar-refractivity contribution in [1.82, 2.24) is 20.2 Å². The van der Waals surface area contributed by atoms with Crippen LogP contribution in [0.4, 0.5) is 0 Å². The molecular formula is C27H29ClN4O3. The number of carbonyl (C=O) groups excluding carboxylic acids is 1. The van der Waals surface area contributed by atoms with Crippen molar-refractivity contribution >= 4 is 28.4 Å². The quantitative estimate of drug-likeness (QED) is 0.327. The molecule has 1 aliphatic heterocycles. The Morgan fingerprint density at radius 1 is 1.14 bits per heavy atom. The van der Waals surface area contributed by atoms with Gasteiger partial charge in [-0.15, -0.1) is 0 Å². The van der Waals surface area contributed by atoms with Crippen LogP contribution in [0.1, 0.15) is 40.3 Å². The van der Waals surface area contributed by atoms with Crippen molar-refractivity contribution in [3.8, 4) is 0 Å². The van der Waals surface area contributed by atoms with Gasteiger partial charge in [0.05, 0.1) is 12.6 Å². The molecule has 3 heterocycles. The Hall–Kier alpha value is -3.13. The second-order valence-electron chi connectivity index (χ2n) is 8.88. The largest absolute Gasteiger partial charge is 0.447 e. The number of amides is 1. The van der Waals surface area contributed by atoms with E-state index in [0.29, 0.717) is 25.5 Å². The molecule has 1 fully saturated rings. The van der Waals surface area contributed by atoms with E-state index in [1.54, 1.807) is 0 Å². The van der Waals surface area contributed by atoms with Gasteiger partial charge in [-0.25, -0.2) is 4.98 Å². The number of oxazole rings is 1. The van der Waals surface area contributed by atoms with Gasteiger partial charge in [-0.1, -0.05) is 48.0 Å². The molecule has 0 saturated carbocycles. The Morgan fingerprint density at radius 3 is 2.86 bits per heavy atom. The van der Waals surface area contributed by atoms with Crippen molar-refractivity contribution in [2.75, 3.05) is 19.7 Å². The Morgan fingerprint density at radius 2 is 2.00 bits per heavy atom. The van der Waals surface area contributed by atoms with Gasteiger partial charge in [0.15, 0.2) is 5.69 Å². The van der Waals surface area contributed by atoms with Gasteiger partial charge in [0.1, 0.15) is 6.26 Å². The number of H-pyrrole nitrogens is 1. The lowest BCUT2D eigenvalue weighted by atomic mass is 10.1. The van der Waals surface area contributed by atoms with Crippen molar-refractivity contribution in [3.63, 3.8) is 0 Å². The summed E-state index contributed by atoms with van der Waals surface area (Å²) >= 11 is 6.45. The third-order valence-corrected chi connectivity index (χ3v) is 6.75. The monoisotopic (exact) mass is 492 g/mol. The zero-order valence-electron chi connectivity index (χ0n) is 19.5. The van der Waals surface area contributed by atoms with Crippen LogP contribution in [0.3, 0.4) is 0 Å². The Labute approximate surface area is 209 Å². The highest BCUT2D eigenvalue weighted by Crippen LogP contribution is 2.21. The van der Waals surface area contributed by atoms with Crippen LogP contribution in [0.2, 0.25) is 5.02 Å². The van der Waals surface area contributed by atoms with E-state index in [1.807, 2.05) is 30.3 Å². The minimum atomic E-state index is -0.244. The predicted octanol–water partition coefficient (Wildman–Crippen LogP) is 4.96. The van der Waals surface area contributed by atoms with Gasteiger partial charge in [0.25, 0.3) is 5.91 Å². The molecule has 0 unspecified atom stereocenters. The first-order chi connectivity index (χ1) is 17.2. The number of aromatic nitrogens is 2. The number of benzene rings is 2. The van der Waals surface area contributed by atoms with Crippen molar-refractivity contribution in [3.05, 3.63) is 88.7 Å². The summed E-state index contributed by atoms with van der Waals surface area (Å²) in [4.78, 5) is 22.6. The molecule has 0 bridgehead atoms. The molecule has 7 nitrogen and oxygen atoms in total. The number of nitrogens with zero attached hydrogens (tertiary/aromatic N) is 2. The average molecular weight is 493 g/mol. The van der Waals surface area contributed by atoms with Gasteiger partial charge in [-0.05, 0) is 42.5 Å². The summed E-state index contributed by atoms with van der Waals surface area (Å²) in [6.45, 7) is 3.13. The van der Waals surface area contributed by atoms with Crippen molar-refractivity contribution in [2.45, 2.75) is 38.5 Å². The normalized spacial score (nSPS) is 15.8. The summed E-state index contributed by atoms with van der Waals surface area (Å²) < 4.78 is 11.2. The van der Waals surface area contributed by atoms with E-state index in [9.17, 15) is 4.79 Å². The number of hydrogen-bond donors (Lipinski definition) is 2. The standard InChI is InChI=1S/C27H29ClN4O3/c28-23-9-3-1-6-20(23)16-32(12-11-19-14-29-24-10-4-2-8-22(19)24)17-26-31-25(18-35-26)27(33)30-15-21-7-5-13-34-21/h1-4,6,8-10,14,18,21,29H,5,7,11-13,15-17H2,(H,30,33)/t21-/m1/s1. The molecule has 0 aliphatic carbocycles. The first-order valence-corrected chi connectivity index (χ1v) is 12.4. The Bertz CT molecular complexity index is 1280.